The first-order valence-electron chi connectivity index (χ1n) is 4.61. The Labute approximate surface area is 89.3 Å². The molecule has 0 aliphatic heterocycles. The summed E-state index contributed by atoms with van der Waals surface area (Å²) < 4.78 is 5.03. The number of methoxy groups -OCH3 is 1. The first kappa shape index (κ1) is 11.2. The number of thioether (sulfide) groups is 1. The van der Waals surface area contributed by atoms with Crippen LogP contribution in [-0.2, 0) is 5.75 Å². The second kappa shape index (κ2) is 5.15. The van der Waals surface area contributed by atoms with Crippen molar-refractivity contribution in [3.05, 3.63) is 23.8 Å². The summed E-state index contributed by atoms with van der Waals surface area (Å²) in [6.07, 6.45) is 0. The number of ether oxygens (including phenoxy) is 1. The molecule has 0 radical (unpaired) electrons. The Kier molecular flexibility index (Phi) is 4.14. The van der Waals surface area contributed by atoms with Gasteiger partial charge in [-0.2, -0.15) is 11.8 Å². The molecule has 3 heteroatoms. The summed E-state index contributed by atoms with van der Waals surface area (Å²) in [6, 6.07) is 5.48. The molecule has 14 heavy (non-hydrogen) atoms. The molecule has 2 nitrogen and oxygen atoms in total. The molecule has 1 aromatic rings. The number of rotatable bonds is 4. The van der Waals surface area contributed by atoms with Crippen LogP contribution in [0.2, 0.25) is 0 Å². The lowest BCUT2D eigenvalue weighted by molar-refractivity contribution is 0.373. The molecule has 0 aromatic heterocycles. The summed E-state index contributed by atoms with van der Waals surface area (Å²) in [7, 11) is 1.56. The summed E-state index contributed by atoms with van der Waals surface area (Å²) in [5.41, 5.74) is 1.18. The molecule has 0 unspecified atom stereocenters. The van der Waals surface area contributed by atoms with Crippen LogP contribution in [0.1, 0.15) is 19.4 Å². The average Bonchev–Trinajstić information content (AvgIpc) is 2.16. The fourth-order valence-electron chi connectivity index (χ4n) is 1.07. The van der Waals surface area contributed by atoms with Crippen LogP contribution in [0.3, 0.4) is 0 Å². The quantitative estimate of drug-likeness (QED) is 0.831. The van der Waals surface area contributed by atoms with E-state index in [1.54, 1.807) is 13.2 Å². The van der Waals surface area contributed by atoms with Crippen molar-refractivity contribution >= 4 is 11.8 Å². The van der Waals surface area contributed by atoms with Crippen molar-refractivity contribution in [2.24, 2.45) is 0 Å². The fraction of sp³-hybridized carbons (Fsp3) is 0.455. The SMILES string of the molecule is COc1cc(CSC(C)C)ccc1O. The molecule has 0 aliphatic rings. The van der Waals surface area contributed by atoms with Gasteiger partial charge < -0.3 is 9.84 Å². The number of hydrogen-bond acceptors (Lipinski definition) is 3. The Morgan fingerprint density at radius 2 is 2.14 bits per heavy atom. The molecule has 0 saturated heterocycles. The third kappa shape index (κ3) is 3.14. The van der Waals surface area contributed by atoms with Crippen LogP contribution in [0.25, 0.3) is 0 Å². The Bertz CT molecular complexity index is 297. The standard InChI is InChI=1S/C11H16O2S/c1-8(2)14-7-9-4-5-10(12)11(6-9)13-3/h4-6,8,12H,7H2,1-3H3. The van der Waals surface area contributed by atoms with Crippen LogP contribution in [0.5, 0.6) is 11.5 Å². The van der Waals surface area contributed by atoms with Gasteiger partial charge in [-0.15, -0.1) is 0 Å². The highest BCUT2D eigenvalue weighted by molar-refractivity contribution is 7.99. The zero-order valence-corrected chi connectivity index (χ0v) is 9.60. The third-order valence-electron chi connectivity index (χ3n) is 1.83. The first-order valence-corrected chi connectivity index (χ1v) is 5.66. The minimum Gasteiger partial charge on any atom is -0.504 e. The van der Waals surface area contributed by atoms with Crippen LogP contribution in [0, 0.1) is 0 Å². The molecule has 0 spiro atoms. The van der Waals surface area contributed by atoms with Gasteiger partial charge in [0.1, 0.15) is 0 Å². The predicted molar refractivity (Wildman–Crippen MR) is 61.1 cm³/mol. The second-order valence-corrected chi connectivity index (χ2v) is 4.93. The zero-order valence-electron chi connectivity index (χ0n) is 8.78. The molecule has 0 saturated carbocycles. The van der Waals surface area contributed by atoms with Crippen molar-refractivity contribution in [3.8, 4) is 11.5 Å². The number of phenolic OH excluding ortho intramolecular Hbond substituents is 1. The smallest absolute Gasteiger partial charge is 0.160 e. The lowest BCUT2D eigenvalue weighted by atomic mass is 10.2. The molecular formula is C11H16O2S. The number of aromatic hydroxyl groups is 1. The highest BCUT2D eigenvalue weighted by Crippen LogP contribution is 2.28. The Morgan fingerprint density at radius 3 is 2.71 bits per heavy atom. The molecule has 0 amide bonds. The minimum absolute atomic E-state index is 0.200. The Balaban J connectivity index is 2.69. The second-order valence-electron chi connectivity index (χ2n) is 3.37. The van der Waals surface area contributed by atoms with Crippen molar-refractivity contribution in [1.82, 2.24) is 0 Å². The van der Waals surface area contributed by atoms with E-state index in [9.17, 15) is 5.11 Å². The van der Waals surface area contributed by atoms with Gasteiger partial charge in [0.15, 0.2) is 11.5 Å². The fourth-order valence-corrected chi connectivity index (χ4v) is 1.78. The minimum atomic E-state index is 0.200. The van der Waals surface area contributed by atoms with Gasteiger partial charge in [-0.1, -0.05) is 19.9 Å². The van der Waals surface area contributed by atoms with E-state index < -0.39 is 0 Å². The molecule has 78 valence electrons. The van der Waals surface area contributed by atoms with E-state index in [0.717, 1.165) is 5.75 Å². The normalized spacial score (nSPS) is 10.6. The summed E-state index contributed by atoms with van der Waals surface area (Å²) in [5, 5.41) is 10.0. The molecule has 1 rings (SSSR count). The molecule has 0 bridgehead atoms. The van der Waals surface area contributed by atoms with Gasteiger partial charge in [-0.05, 0) is 22.9 Å². The van der Waals surface area contributed by atoms with Crippen LogP contribution >= 0.6 is 11.8 Å². The molecule has 1 aromatic carbocycles. The summed E-state index contributed by atoms with van der Waals surface area (Å²) in [4.78, 5) is 0. The predicted octanol–water partition coefficient (Wildman–Crippen LogP) is 3.04. The number of benzene rings is 1. The van der Waals surface area contributed by atoms with E-state index in [-0.39, 0.29) is 5.75 Å². The van der Waals surface area contributed by atoms with Crippen molar-refractivity contribution in [2.75, 3.05) is 7.11 Å². The van der Waals surface area contributed by atoms with Crippen LogP contribution < -0.4 is 4.74 Å². The van der Waals surface area contributed by atoms with Gasteiger partial charge in [-0.3, -0.25) is 0 Å². The van der Waals surface area contributed by atoms with Crippen LogP contribution in [0.4, 0.5) is 0 Å². The Morgan fingerprint density at radius 1 is 1.43 bits per heavy atom. The highest BCUT2D eigenvalue weighted by Gasteiger charge is 2.03. The van der Waals surface area contributed by atoms with Gasteiger partial charge in [0.25, 0.3) is 0 Å². The third-order valence-corrected chi connectivity index (χ3v) is 2.99. The van der Waals surface area contributed by atoms with Crippen molar-refractivity contribution in [3.63, 3.8) is 0 Å². The summed E-state index contributed by atoms with van der Waals surface area (Å²) in [5.74, 6) is 1.70. The lowest BCUT2D eigenvalue weighted by Gasteiger charge is -2.07. The molecule has 1 N–H and O–H groups in total. The van der Waals surface area contributed by atoms with Crippen molar-refractivity contribution < 1.29 is 9.84 Å². The Hall–Kier alpha value is -0.830. The van der Waals surface area contributed by atoms with Gasteiger partial charge >= 0.3 is 0 Å². The molecule has 0 aliphatic carbocycles. The maximum atomic E-state index is 9.38. The number of hydrogen-bond donors (Lipinski definition) is 1. The van der Waals surface area contributed by atoms with Gasteiger partial charge in [-0.25, -0.2) is 0 Å². The van der Waals surface area contributed by atoms with Crippen molar-refractivity contribution in [1.29, 1.82) is 0 Å². The summed E-state index contributed by atoms with van der Waals surface area (Å²) in [6.45, 7) is 4.34. The highest BCUT2D eigenvalue weighted by atomic mass is 32.2. The zero-order chi connectivity index (χ0) is 10.6. The van der Waals surface area contributed by atoms with Crippen LogP contribution in [0.15, 0.2) is 18.2 Å². The van der Waals surface area contributed by atoms with E-state index in [2.05, 4.69) is 13.8 Å². The van der Waals surface area contributed by atoms with Crippen molar-refractivity contribution in [2.45, 2.75) is 24.9 Å². The number of phenols is 1. The maximum Gasteiger partial charge on any atom is 0.160 e. The van der Waals surface area contributed by atoms with Crippen LogP contribution in [-0.4, -0.2) is 17.5 Å². The molecule has 0 atom stereocenters. The largest absolute Gasteiger partial charge is 0.504 e. The van der Waals surface area contributed by atoms with E-state index >= 15 is 0 Å². The summed E-state index contributed by atoms with van der Waals surface area (Å²) >= 11 is 1.87. The van der Waals surface area contributed by atoms with E-state index in [4.69, 9.17) is 4.74 Å². The average molecular weight is 212 g/mol. The van der Waals surface area contributed by atoms with E-state index in [0.29, 0.717) is 11.0 Å². The van der Waals surface area contributed by atoms with E-state index in [1.165, 1.54) is 5.56 Å². The monoisotopic (exact) mass is 212 g/mol. The molecule has 0 heterocycles. The molecular weight excluding hydrogens is 196 g/mol. The van der Waals surface area contributed by atoms with E-state index in [1.807, 2.05) is 23.9 Å². The van der Waals surface area contributed by atoms with Gasteiger partial charge in [0.05, 0.1) is 7.11 Å². The topological polar surface area (TPSA) is 29.5 Å². The van der Waals surface area contributed by atoms with Gasteiger partial charge in [0.2, 0.25) is 0 Å². The first-order chi connectivity index (χ1) is 6.63. The van der Waals surface area contributed by atoms with Gasteiger partial charge in [0, 0.05) is 5.75 Å². The lowest BCUT2D eigenvalue weighted by Crippen LogP contribution is -1.90. The molecule has 0 fully saturated rings. The maximum absolute atomic E-state index is 9.38.